The number of rotatable bonds is 7. The third-order valence-electron chi connectivity index (χ3n) is 3.03. The zero-order valence-corrected chi connectivity index (χ0v) is 11.9. The molecule has 0 saturated carbocycles. The van der Waals surface area contributed by atoms with Crippen LogP contribution in [-0.4, -0.2) is 44.0 Å². The maximum Gasteiger partial charge on any atom is 0.179 e. The largest absolute Gasteiger partial charge is 0.385 e. The number of ether oxygens (including phenoxy) is 1. The van der Waals surface area contributed by atoms with Crippen molar-refractivity contribution in [3.05, 3.63) is 34.9 Å². The van der Waals surface area contributed by atoms with Crippen LogP contribution in [0.5, 0.6) is 0 Å². The van der Waals surface area contributed by atoms with Crippen molar-refractivity contribution in [3.63, 3.8) is 0 Å². The van der Waals surface area contributed by atoms with E-state index in [2.05, 4.69) is 0 Å². The van der Waals surface area contributed by atoms with Gasteiger partial charge in [-0.2, -0.15) is 0 Å². The second kappa shape index (κ2) is 7.52. The summed E-state index contributed by atoms with van der Waals surface area (Å²) in [4.78, 5) is 14.3. The molecule has 100 valence electrons. The molecule has 0 amide bonds. The lowest BCUT2D eigenvalue weighted by molar-refractivity contribution is 0.0855. The average Bonchev–Trinajstić information content (AvgIpc) is 2.38. The second-order valence-electron chi connectivity index (χ2n) is 4.37. The normalized spacial score (nSPS) is 12.7. The van der Waals surface area contributed by atoms with Crippen molar-refractivity contribution in [2.75, 3.05) is 27.3 Å². The molecule has 0 aromatic heterocycles. The van der Waals surface area contributed by atoms with E-state index in [0.717, 1.165) is 13.0 Å². The summed E-state index contributed by atoms with van der Waals surface area (Å²) >= 11 is 5.81. The smallest absolute Gasteiger partial charge is 0.179 e. The summed E-state index contributed by atoms with van der Waals surface area (Å²) in [6.07, 6.45) is 0.922. The van der Waals surface area contributed by atoms with Crippen molar-refractivity contribution in [2.24, 2.45) is 0 Å². The molecule has 1 aromatic rings. The predicted molar refractivity (Wildman–Crippen MR) is 74.4 cm³/mol. The zero-order valence-electron chi connectivity index (χ0n) is 11.1. The molecule has 0 aliphatic heterocycles. The Morgan fingerprint density at radius 1 is 1.39 bits per heavy atom. The molecule has 1 rings (SSSR count). The van der Waals surface area contributed by atoms with E-state index < -0.39 is 0 Å². The van der Waals surface area contributed by atoms with Gasteiger partial charge in [-0.3, -0.25) is 9.69 Å². The van der Waals surface area contributed by atoms with Crippen LogP contribution in [0.3, 0.4) is 0 Å². The topological polar surface area (TPSA) is 29.5 Å². The van der Waals surface area contributed by atoms with Crippen molar-refractivity contribution in [3.8, 4) is 0 Å². The minimum Gasteiger partial charge on any atom is -0.385 e. The van der Waals surface area contributed by atoms with Crippen LogP contribution in [0.25, 0.3) is 0 Å². The number of benzene rings is 1. The van der Waals surface area contributed by atoms with E-state index in [4.69, 9.17) is 16.3 Å². The van der Waals surface area contributed by atoms with E-state index in [1.807, 2.05) is 18.9 Å². The van der Waals surface area contributed by atoms with E-state index in [1.54, 1.807) is 31.4 Å². The summed E-state index contributed by atoms with van der Waals surface area (Å²) in [6, 6.07) is 6.88. The number of hydrogen-bond acceptors (Lipinski definition) is 3. The Morgan fingerprint density at radius 3 is 2.56 bits per heavy atom. The lowest BCUT2D eigenvalue weighted by Gasteiger charge is -2.23. The monoisotopic (exact) mass is 269 g/mol. The first-order valence-electron chi connectivity index (χ1n) is 6.05. The number of ketones is 1. The highest BCUT2D eigenvalue weighted by molar-refractivity contribution is 6.30. The third-order valence-corrected chi connectivity index (χ3v) is 3.28. The minimum atomic E-state index is -0.136. The van der Waals surface area contributed by atoms with Gasteiger partial charge in [-0.05, 0) is 44.7 Å². The molecule has 0 bridgehead atoms. The van der Waals surface area contributed by atoms with Gasteiger partial charge in [-0.1, -0.05) is 11.6 Å². The summed E-state index contributed by atoms with van der Waals surface area (Å²) in [5.74, 6) is 0.117. The summed E-state index contributed by atoms with van der Waals surface area (Å²) in [5, 5.41) is 0.646. The molecule has 0 heterocycles. The van der Waals surface area contributed by atoms with Gasteiger partial charge in [0.15, 0.2) is 5.78 Å². The van der Waals surface area contributed by atoms with Crippen LogP contribution in [0.1, 0.15) is 23.7 Å². The number of nitrogens with zero attached hydrogens (tertiary/aromatic N) is 1. The van der Waals surface area contributed by atoms with Crippen LogP contribution in [0.2, 0.25) is 5.02 Å². The molecule has 0 aliphatic carbocycles. The summed E-state index contributed by atoms with van der Waals surface area (Å²) in [6.45, 7) is 3.48. The summed E-state index contributed by atoms with van der Waals surface area (Å²) in [7, 11) is 3.64. The predicted octanol–water partition coefficient (Wildman–Crippen LogP) is 2.88. The fraction of sp³-hybridized carbons (Fsp3) is 0.500. The fourth-order valence-electron chi connectivity index (χ4n) is 1.71. The number of carbonyl (C=O) groups is 1. The molecule has 0 radical (unpaired) electrons. The van der Waals surface area contributed by atoms with Gasteiger partial charge in [-0.25, -0.2) is 0 Å². The Labute approximate surface area is 114 Å². The number of carbonyl (C=O) groups excluding carboxylic acids is 1. The van der Waals surface area contributed by atoms with Crippen molar-refractivity contribution < 1.29 is 9.53 Å². The van der Waals surface area contributed by atoms with Crippen LogP contribution < -0.4 is 0 Å². The lowest BCUT2D eigenvalue weighted by Crippen LogP contribution is -2.37. The van der Waals surface area contributed by atoms with E-state index in [0.29, 0.717) is 17.2 Å². The lowest BCUT2D eigenvalue weighted by atomic mass is 10.0. The molecular formula is C14H20ClNO2. The van der Waals surface area contributed by atoms with Gasteiger partial charge < -0.3 is 4.74 Å². The van der Waals surface area contributed by atoms with Crippen LogP contribution >= 0.6 is 11.6 Å². The first-order chi connectivity index (χ1) is 8.56. The molecule has 0 aliphatic rings. The number of halogens is 1. The van der Waals surface area contributed by atoms with E-state index in [9.17, 15) is 4.79 Å². The van der Waals surface area contributed by atoms with E-state index in [1.165, 1.54) is 0 Å². The quantitative estimate of drug-likeness (QED) is 0.563. The van der Waals surface area contributed by atoms with Crippen LogP contribution in [0.4, 0.5) is 0 Å². The molecule has 0 saturated heterocycles. The Morgan fingerprint density at radius 2 is 2.00 bits per heavy atom. The van der Waals surface area contributed by atoms with Gasteiger partial charge >= 0.3 is 0 Å². The van der Waals surface area contributed by atoms with E-state index >= 15 is 0 Å². The summed E-state index contributed by atoms with van der Waals surface area (Å²) in [5.41, 5.74) is 0.700. The van der Waals surface area contributed by atoms with Crippen molar-refractivity contribution >= 4 is 17.4 Å². The van der Waals surface area contributed by atoms with Gasteiger partial charge in [0, 0.05) is 30.8 Å². The maximum atomic E-state index is 12.2. The highest BCUT2D eigenvalue weighted by Gasteiger charge is 2.18. The molecule has 0 spiro atoms. The number of likely N-dealkylation sites (N-methyl/N-ethyl adjacent to an activating group) is 1. The van der Waals surface area contributed by atoms with Crippen LogP contribution in [-0.2, 0) is 4.74 Å². The SMILES string of the molecule is COCCCN(C)C(C)C(=O)c1ccc(Cl)cc1. The number of methoxy groups -OCH3 is 1. The zero-order chi connectivity index (χ0) is 13.5. The van der Waals surface area contributed by atoms with Gasteiger partial charge in [0.2, 0.25) is 0 Å². The van der Waals surface area contributed by atoms with Crippen LogP contribution in [0.15, 0.2) is 24.3 Å². The van der Waals surface area contributed by atoms with Gasteiger partial charge in [0.25, 0.3) is 0 Å². The molecule has 1 unspecified atom stereocenters. The van der Waals surface area contributed by atoms with Gasteiger partial charge in [-0.15, -0.1) is 0 Å². The minimum absolute atomic E-state index is 0.117. The highest BCUT2D eigenvalue weighted by Crippen LogP contribution is 2.13. The van der Waals surface area contributed by atoms with Crippen molar-refractivity contribution in [1.82, 2.24) is 4.90 Å². The highest BCUT2D eigenvalue weighted by atomic mass is 35.5. The molecule has 1 atom stereocenters. The molecule has 0 fully saturated rings. The Kier molecular flexibility index (Phi) is 6.33. The average molecular weight is 270 g/mol. The van der Waals surface area contributed by atoms with Gasteiger partial charge in [0.1, 0.15) is 0 Å². The van der Waals surface area contributed by atoms with Crippen molar-refractivity contribution in [2.45, 2.75) is 19.4 Å². The summed E-state index contributed by atoms with van der Waals surface area (Å²) < 4.78 is 5.00. The molecule has 3 nitrogen and oxygen atoms in total. The standard InChI is InChI=1S/C14H20ClNO2/c1-11(16(2)9-4-10-18-3)14(17)12-5-7-13(15)8-6-12/h5-8,11H,4,9-10H2,1-3H3. The fourth-order valence-corrected chi connectivity index (χ4v) is 1.83. The third kappa shape index (κ3) is 4.41. The number of hydrogen-bond donors (Lipinski definition) is 0. The first kappa shape index (κ1) is 15.2. The van der Waals surface area contributed by atoms with Gasteiger partial charge in [0.05, 0.1) is 6.04 Å². The van der Waals surface area contributed by atoms with E-state index in [-0.39, 0.29) is 11.8 Å². The maximum absolute atomic E-state index is 12.2. The Bertz CT molecular complexity index is 378. The molecule has 1 aromatic carbocycles. The first-order valence-corrected chi connectivity index (χ1v) is 6.43. The molecule has 0 N–H and O–H groups in total. The number of Topliss-reactive ketones (excluding diaryl/α,β-unsaturated/α-hetero) is 1. The molecular weight excluding hydrogens is 250 g/mol. The van der Waals surface area contributed by atoms with Crippen LogP contribution in [0, 0.1) is 0 Å². The van der Waals surface area contributed by atoms with Crippen molar-refractivity contribution in [1.29, 1.82) is 0 Å². The molecule has 18 heavy (non-hydrogen) atoms. The Hall–Kier alpha value is -0.900. The molecule has 4 heteroatoms. The Balaban J connectivity index is 2.57. The second-order valence-corrected chi connectivity index (χ2v) is 4.81.